The van der Waals surface area contributed by atoms with Crippen molar-refractivity contribution >= 4 is 5.91 Å². The lowest BCUT2D eigenvalue weighted by Crippen LogP contribution is -2.13. The van der Waals surface area contributed by atoms with Crippen LogP contribution < -0.4 is 5.73 Å². The minimum atomic E-state index is -4.39. The third kappa shape index (κ3) is 4.05. The van der Waals surface area contributed by atoms with Crippen LogP contribution >= 0.6 is 0 Å². The van der Waals surface area contributed by atoms with Crippen molar-refractivity contribution in [2.24, 2.45) is 5.73 Å². The van der Waals surface area contributed by atoms with Crippen LogP contribution in [0.4, 0.5) is 13.2 Å². The number of nitrogens with zero attached hydrogens (tertiary/aromatic N) is 1. The third-order valence-corrected chi connectivity index (χ3v) is 4.61. The van der Waals surface area contributed by atoms with E-state index in [-0.39, 0.29) is 0 Å². The highest BCUT2D eigenvalue weighted by Gasteiger charge is 2.30. The van der Waals surface area contributed by atoms with Gasteiger partial charge in [-0.25, -0.2) is 0 Å². The van der Waals surface area contributed by atoms with Crippen molar-refractivity contribution in [3.8, 4) is 11.3 Å². The third-order valence-electron chi connectivity index (χ3n) is 4.61. The maximum atomic E-state index is 12.8. The quantitative estimate of drug-likeness (QED) is 0.686. The molecule has 0 spiro atoms. The second kappa shape index (κ2) is 7.31. The van der Waals surface area contributed by atoms with Crippen LogP contribution in [0, 0.1) is 6.92 Å². The van der Waals surface area contributed by atoms with Gasteiger partial charge in [-0.3, -0.25) is 4.79 Å². The first kappa shape index (κ1) is 18.8. The SMILES string of the molecule is Cc1c(C(N)=O)cc(-c2ccc(C(F)(F)F)cc2)n1CCc1ccccc1. The molecule has 1 heterocycles. The van der Waals surface area contributed by atoms with E-state index in [0.717, 1.165) is 24.1 Å². The van der Waals surface area contributed by atoms with Crippen LogP contribution in [0.5, 0.6) is 0 Å². The lowest BCUT2D eigenvalue weighted by Gasteiger charge is -2.13. The van der Waals surface area contributed by atoms with Crippen LogP contribution in [-0.4, -0.2) is 10.5 Å². The molecule has 3 rings (SSSR count). The Morgan fingerprint density at radius 1 is 1.04 bits per heavy atom. The summed E-state index contributed by atoms with van der Waals surface area (Å²) in [5.41, 5.74) is 8.23. The summed E-state index contributed by atoms with van der Waals surface area (Å²) in [6, 6.07) is 16.4. The zero-order chi connectivity index (χ0) is 19.6. The highest BCUT2D eigenvalue weighted by molar-refractivity contribution is 5.95. The normalized spacial score (nSPS) is 11.6. The van der Waals surface area contributed by atoms with Crippen molar-refractivity contribution < 1.29 is 18.0 Å². The first-order valence-corrected chi connectivity index (χ1v) is 8.49. The van der Waals surface area contributed by atoms with Gasteiger partial charge in [-0.15, -0.1) is 0 Å². The largest absolute Gasteiger partial charge is 0.416 e. The fourth-order valence-corrected chi connectivity index (χ4v) is 3.14. The number of primary amides is 1. The van der Waals surface area contributed by atoms with E-state index in [1.165, 1.54) is 12.1 Å². The Balaban J connectivity index is 1.98. The van der Waals surface area contributed by atoms with Gasteiger partial charge in [0.15, 0.2) is 0 Å². The van der Waals surface area contributed by atoms with Gasteiger partial charge in [-0.1, -0.05) is 42.5 Å². The summed E-state index contributed by atoms with van der Waals surface area (Å²) in [7, 11) is 0. The summed E-state index contributed by atoms with van der Waals surface area (Å²) in [6.45, 7) is 2.37. The molecule has 6 heteroatoms. The van der Waals surface area contributed by atoms with E-state index in [9.17, 15) is 18.0 Å². The maximum Gasteiger partial charge on any atom is 0.416 e. The number of hydrogen-bond donors (Lipinski definition) is 1. The second-order valence-corrected chi connectivity index (χ2v) is 6.36. The van der Waals surface area contributed by atoms with Gasteiger partial charge < -0.3 is 10.3 Å². The number of amides is 1. The number of rotatable bonds is 5. The lowest BCUT2D eigenvalue weighted by molar-refractivity contribution is -0.137. The predicted octanol–water partition coefficient (Wildman–Crippen LogP) is 4.82. The molecule has 2 aromatic carbocycles. The van der Waals surface area contributed by atoms with E-state index in [0.29, 0.717) is 29.1 Å². The van der Waals surface area contributed by atoms with Gasteiger partial charge in [0.2, 0.25) is 0 Å². The van der Waals surface area contributed by atoms with Gasteiger partial charge in [0.25, 0.3) is 5.91 Å². The summed E-state index contributed by atoms with van der Waals surface area (Å²) >= 11 is 0. The zero-order valence-corrected chi connectivity index (χ0v) is 14.8. The van der Waals surface area contributed by atoms with Gasteiger partial charge in [-0.2, -0.15) is 13.2 Å². The van der Waals surface area contributed by atoms with Crippen molar-refractivity contribution in [3.63, 3.8) is 0 Å². The molecular weight excluding hydrogens is 353 g/mol. The summed E-state index contributed by atoms with van der Waals surface area (Å²) < 4.78 is 40.4. The molecule has 0 aliphatic rings. The summed E-state index contributed by atoms with van der Waals surface area (Å²) in [6.07, 6.45) is -3.66. The topological polar surface area (TPSA) is 48.0 Å². The molecule has 27 heavy (non-hydrogen) atoms. The Morgan fingerprint density at radius 2 is 1.67 bits per heavy atom. The summed E-state index contributed by atoms with van der Waals surface area (Å²) in [4.78, 5) is 11.7. The van der Waals surface area contributed by atoms with Crippen LogP contribution in [-0.2, 0) is 19.1 Å². The Kier molecular flexibility index (Phi) is 5.08. The van der Waals surface area contributed by atoms with Gasteiger partial charge in [0, 0.05) is 17.9 Å². The van der Waals surface area contributed by atoms with E-state index in [1.54, 1.807) is 13.0 Å². The monoisotopic (exact) mass is 372 g/mol. The molecule has 3 nitrogen and oxygen atoms in total. The molecule has 0 saturated carbocycles. The number of nitrogens with two attached hydrogens (primary N) is 1. The molecule has 1 aromatic heterocycles. The van der Waals surface area contributed by atoms with Crippen molar-refractivity contribution in [2.45, 2.75) is 26.1 Å². The number of alkyl halides is 3. The average molecular weight is 372 g/mol. The molecule has 0 aliphatic carbocycles. The number of hydrogen-bond acceptors (Lipinski definition) is 1. The number of aromatic nitrogens is 1. The van der Waals surface area contributed by atoms with Gasteiger partial charge in [0.1, 0.15) is 0 Å². The Hall–Kier alpha value is -3.02. The van der Waals surface area contributed by atoms with Crippen molar-refractivity contribution in [3.05, 3.63) is 83.0 Å². The zero-order valence-electron chi connectivity index (χ0n) is 14.8. The Labute approximate surface area is 155 Å². The standard InChI is InChI=1S/C21H19F3N2O/c1-14-18(20(25)27)13-19(16-7-9-17(10-8-16)21(22,23)24)26(14)12-11-15-5-3-2-4-6-15/h2-10,13H,11-12H2,1H3,(H2,25,27). The minimum absolute atomic E-state index is 0.373. The first-order chi connectivity index (χ1) is 12.8. The predicted molar refractivity (Wildman–Crippen MR) is 98.3 cm³/mol. The number of carbonyl (C=O) groups is 1. The van der Waals surface area contributed by atoms with Crippen molar-refractivity contribution in [1.29, 1.82) is 0 Å². The minimum Gasteiger partial charge on any atom is -0.366 e. The van der Waals surface area contributed by atoms with Crippen LogP contribution in [0.25, 0.3) is 11.3 Å². The smallest absolute Gasteiger partial charge is 0.366 e. The fraction of sp³-hybridized carbons (Fsp3) is 0.190. The summed E-state index contributed by atoms with van der Waals surface area (Å²) in [5, 5.41) is 0. The van der Waals surface area contributed by atoms with Crippen LogP contribution in [0.3, 0.4) is 0 Å². The molecular formula is C21H19F3N2O. The van der Waals surface area contributed by atoms with Gasteiger partial charge in [-0.05, 0) is 42.7 Å². The van der Waals surface area contributed by atoms with E-state index < -0.39 is 17.6 Å². The van der Waals surface area contributed by atoms with Crippen molar-refractivity contribution in [2.75, 3.05) is 0 Å². The second-order valence-electron chi connectivity index (χ2n) is 6.36. The lowest BCUT2D eigenvalue weighted by atomic mass is 10.1. The molecule has 2 N–H and O–H groups in total. The van der Waals surface area contributed by atoms with E-state index >= 15 is 0 Å². The van der Waals surface area contributed by atoms with Gasteiger partial charge >= 0.3 is 6.18 Å². The number of benzene rings is 2. The fourth-order valence-electron chi connectivity index (χ4n) is 3.14. The van der Waals surface area contributed by atoms with Crippen LogP contribution in [0.2, 0.25) is 0 Å². The van der Waals surface area contributed by atoms with Crippen LogP contribution in [0.15, 0.2) is 60.7 Å². The molecule has 0 bridgehead atoms. The van der Waals surface area contributed by atoms with Gasteiger partial charge in [0.05, 0.1) is 11.1 Å². The molecule has 0 atom stereocenters. The molecule has 1 amide bonds. The Morgan fingerprint density at radius 3 is 2.22 bits per heavy atom. The van der Waals surface area contributed by atoms with E-state index in [2.05, 4.69) is 0 Å². The molecule has 0 aliphatic heterocycles. The summed E-state index contributed by atoms with van der Waals surface area (Å²) in [5.74, 6) is -0.556. The average Bonchev–Trinajstić information content (AvgIpc) is 2.97. The highest BCUT2D eigenvalue weighted by Crippen LogP contribution is 2.32. The molecule has 140 valence electrons. The molecule has 3 aromatic rings. The van der Waals surface area contributed by atoms with Crippen LogP contribution in [0.1, 0.15) is 27.2 Å². The molecule has 0 saturated heterocycles. The first-order valence-electron chi connectivity index (χ1n) is 8.49. The molecule has 0 unspecified atom stereocenters. The van der Waals surface area contributed by atoms with E-state index in [1.807, 2.05) is 34.9 Å². The number of halogens is 3. The van der Waals surface area contributed by atoms with Crippen molar-refractivity contribution in [1.82, 2.24) is 4.57 Å². The molecule has 0 fully saturated rings. The Bertz CT molecular complexity index is 942. The maximum absolute atomic E-state index is 12.8. The highest BCUT2D eigenvalue weighted by atomic mass is 19.4. The molecule has 0 radical (unpaired) electrons. The van der Waals surface area contributed by atoms with E-state index in [4.69, 9.17) is 5.73 Å². The number of aryl methyl sites for hydroxylation is 1. The number of carbonyl (C=O) groups excluding carboxylic acids is 1.